The molecule has 0 saturated carbocycles. The van der Waals surface area contributed by atoms with E-state index in [0.29, 0.717) is 41.8 Å². The van der Waals surface area contributed by atoms with Crippen molar-refractivity contribution in [2.24, 2.45) is 0 Å². The maximum atomic E-state index is 11.7. The topological polar surface area (TPSA) is 109 Å². The third kappa shape index (κ3) is 6.50. The molecular formula is C29H31N7O3Si. The summed E-state index contributed by atoms with van der Waals surface area (Å²) in [5, 5.41) is 7.26. The Morgan fingerprint density at radius 1 is 1.12 bits per heavy atom. The highest BCUT2D eigenvalue weighted by molar-refractivity contribution is 6.76. The van der Waals surface area contributed by atoms with Crippen molar-refractivity contribution in [3.63, 3.8) is 0 Å². The summed E-state index contributed by atoms with van der Waals surface area (Å²) in [6.45, 7) is 11.5. The van der Waals surface area contributed by atoms with Crippen molar-refractivity contribution < 1.29 is 14.3 Å². The summed E-state index contributed by atoms with van der Waals surface area (Å²) in [6.07, 6.45) is 12.0. The number of benzene rings is 1. The minimum absolute atomic E-state index is 0.303. The fraction of sp³-hybridized carbons (Fsp3) is 0.207. The summed E-state index contributed by atoms with van der Waals surface area (Å²) in [4.78, 5) is 25.4. The van der Waals surface area contributed by atoms with Crippen molar-refractivity contribution >= 4 is 30.8 Å². The molecule has 0 aliphatic rings. The molecule has 0 saturated heterocycles. The number of aromatic nitrogens is 6. The number of carbonyl (C=O) groups excluding carboxylic acids is 1. The Balaban J connectivity index is 1.47. The average Bonchev–Trinajstić information content (AvgIpc) is 3.56. The smallest absolute Gasteiger partial charge is 0.247 e. The molecule has 0 bridgehead atoms. The second-order valence-electron chi connectivity index (χ2n) is 10.4. The summed E-state index contributed by atoms with van der Waals surface area (Å²) in [7, 11) is -1.21. The zero-order chi connectivity index (χ0) is 28.1. The number of pyridine rings is 1. The predicted molar refractivity (Wildman–Crippen MR) is 157 cm³/mol. The van der Waals surface area contributed by atoms with Crippen LogP contribution in [0.1, 0.15) is 0 Å². The van der Waals surface area contributed by atoms with Gasteiger partial charge in [-0.2, -0.15) is 5.10 Å². The minimum atomic E-state index is -1.21. The number of anilines is 1. The lowest BCUT2D eigenvalue weighted by Gasteiger charge is -2.15. The lowest BCUT2D eigenvalue weighted by atomic mass is 10.2. The molecule has 1 aromatic carbocycles. The van der Waals surface area contributed by atoms with E-state index >= 15 is 0 Å². The quantitative estimate of drug-likeness (QED) is 0.123. The molecule has 204 valence electrons. The standard InChI is InChI=1S/C29H31N7O3Si/c1-5-26(37)33-22-8-6-10-24(14-22)39-27-17-31-29-28(34-27)25(19-35(29)20-38-12-13-40(2,3)4)21-15-32-36(18-21)23-9-7-11-30-16-23/h5-11,14-19H,1,12-13,20H2,2-4H3,(H,33,37). The van der Waals surface area contributed by atoms with Crippen LogP contribution in [0.25, 0.3) is 28.0 Å². The van der Waals surface area contributed by atoms with Gasteiger partial charge in [-0.1, -0.05) is 32.3 Å². The van der Waals surface area contributed by atoms with Crippen molar-refractivity contribution in [2.45, 2.75) is 32.4 Å². The van der Waals surface area contributed by atoms with Gasteiger partial charge < -0.3 is 19.4 Å². The van der Waals surface area contributed by atoms with E-state index in [-0.39, 0.29) is 5.91 Å². The molecule has 0 aliphatic carbocycles. The molecule has 4 aromatic heterocycles. The van der Waals surface area contributed by atoms with Gasteiger partial charge in [0.25, 0.3) is 0 Å². The molecule has 0 unspecified atom stereocenters. The number of hydrogen-bond donors (Lipinski definition) is 1. The largest absolute Gasteiger partial charge is 0.437 e. The number of amides is 1. The average molecular weight is 554 g/mol. The molecule has 10 nitrogen and oxygen atoms in total. The van der Waals surface area contributed by atoms with Crippen molar-refractivity contribution in [2.75, 3.05) is 11.9 Å². The van der Waals surface area contributed by atoms with Crippen LogP contribution in [0, 0.1) is 0 Å². The molecule has 0 spiro atoms. The highest BCUT2D eigenvalue weighted by Crippen LogP contribution is 2.31. The van der Waals surface area contributed by atoms with Crippen LogP contribution < -0.4 is 10.1 Å². The SMILES string of the molecule is C=CC(=O)Nc1cccc(Oc2cnc3c(n2)c(-c2cnn(-c4cccnc4)c2)cn3COCC[Si](C)(C)C)c1. The Kier molecular flexibility index (Phi) is 7.85. The van der Waals surface area contributed by atoms with E-state index in [9.17, 15) is 4.79 Å². The lowest BCUT2D eigenvalue weighted by molar-refractivity contribution is -0.111. The molecule has 11 heteroatoms. The molecule has 0 fully saturated rings. The van der Waals surface area contributed by atoms with E-state index in [0.717, 1.165) is 22.9 Å². The van der Waals surface area contributed by atoms with Gasteiger partial charge in [0.05, 0.1) is 24.3 Å². The van der Waals surface area contributed by atoms with Gasteiger partial charge in [-0.25, -0.2) is 14.6 Å². The number of nitrogens with zero attached hydrogens (tertiary/aromatic N) is 6. The first-order chi connectivity index (χ1) is 19.3. The zero-order valence-electron chi connectivity index (χ0n) is 22.7. The Morgan fingerprint density at radius 3 is 2.77 bits per heavy atom. The Labute approximate surface area is 233 Å². The van der Waals surface area contributed by atoms with Crippen LogP contribution in [0.15, 0.2) is 86.2 Å². The number of ether oxygens (including phenoxy) is 2. The van der Waals surface area contributed by atoms with E-state index in [1.165, 1.54) is 6.08 Å². The number of rotatable bonds is 11. The second-order valence-corrected chi connectivity index (χ2v) is 16.1. The fourth-order valence-corrected chi connectivity index (χ4v) is 4.74. The molecule has 4 heterocycles. The molecule has 0 aliphatic heterocycles. The Morgan fingerprint density at radius 2 is 2.00 bits per heavy atom. The van der Waals surface area contributed by atoms with Crippen LogP contribution in [-0.2, 0) is 16.3 Å². The molecule has 5 aromatic rings. The summed E-state index contributed by atoms with van der Waals surface area (Å²) >= 11 is 0. The molecule has 0 atom stereocenters. The van der Waals surface area contributed by atoms with Gasteiger partial charge in [0.1, 0.15) is 18.0 Å². The maximum absolute atomic E-state index is 11.7. The van der Waals surface area contributed by atoms with Gasteiger partial charge in [0.2, 0.25) is 11.8 Å². The first-order valence-electron chi connectivity index (χ1n) is 12.9. The molecule has 5 rings (SSSR count). The van der Waals surface area contributed by atoms with Crippen molar-refractivity contribution in [1.29, 1.82) is 0 Å². The highest BCUT2D eigenvalue weighted by atomic mass is 28.3. The van der Waals surface area contributed by atoms with Gasteiger partial charge in [-0.3, -0.25) is 9.78 Å². The summed E-state index contributed by atoms with van der Waals surface area (Å²) < 4.78 is 15.8. The number of nitrogens with one attached hydrogen (secondary N) is 1. The summed E-state index contributed by atoms with van der Waals surface area (Å²) in [5.74, 6) is 0.525. The Hall–Kier alpha value is -4.61. The van der Waals surface area contributed by atoms with E-state index < -0.39 is 8.07 Å². The fourth-order valence-electron chi connectivity index (χ4n) is 3.98. The second kappa shape index (κ2) is 11.6. The van der Waals surface area contributed by atoms with Crippen LogP contribution in [0.2, 0.25) is 25.7 Å². The van der Waals surface area contributed by atoms with Crippen LogP contribution >= 0.6 is 0 Å². The zero-order valence-corrected chi connectivity index (χ0v) is 23.7. The predicted octanol–water partition coefficient (Wildman–Crippen LogP) is 5.91. The Bertz CT molecular complexity index is 1640. The number of hydrogen-bond acceptors (Lipinski definition) is 7. The van der Waals surface area contributed by atoms with E-state index in [2.05, 4.69) is 46.6 Å². The minimum Gasteiger partial charge on any atom is -0.437 e. The summed E-state index contributed by atoms with van der Waals surface area (Å²) in [5.41, 5.74) is 4.50. The molecule has 1 N–H and O–H groups in total. The third-order valence-corrected chi connectivity index (χ3v) is 7.79. The molecular weight excluding hydrogens is 522 g/mol. The molecule has 40 heavy (non-hydrogen) atoms. The lowest BCUT2D eigenvalue weighted by Crippen LogP contribution is -2.22. The van der Waals surface area contributed by atoms with Crippen molar-refractivity contribution in [3.8, 4) is 28.4 Å². The molecule has 1 amide bonds. The third-order valence-electron chi connectivity index (χ3n) is 6.08. The highest BCUT2D eigenvalue weighted by Gasteiger charge is 2.18. The van der Waals surface area contributed by atoms with E-state index in [1.54, 1.807) is 53.7 Å². The van der Waals surface area contributed by atoms with Crippen LogP contribution in [-0.4, -0.2) is 49.9 Å². The molecule has 0 radical (unpaired) electrons. The maximum Gasteiger partial charge on any atom is 0.247 e. The van der Waals surface area contributed by atoms with Crippen LogP contribution in [0.4, 0.5) is 5.69 Å². The summed E-state index contributed by atoms with van der Waals surface area (Å²) in [6, 6.07) is 11.9. The van der Waals surface area contributed by atoms with E-state index in [4.69, 9.17) is 14.5 Å². The van der Waals surface area contributed by atoms with Crippen LogP contribution in [0.3, 0.4) is 0 Å². The van der Waals surface area contributed by atoms with Crippen molar-refractivity contribution in [3.05, 3.63) is 86.2 Å². The van der Waals surface area contributed by atoms with E-state index in [1.807, 2.05) is 29.1 Å². The number of fused-ring (bicyclic) bond motifs is 1. The first-order valence-corrected chi connectivity index (χ1v) is 16.6. The normalized spacial score (nSPS) is 11.5. The van der Waals surface area contributed by atoms with Gasteiger partial charge in [0.15, 0.2) is 5.65 Å². The van der Waals surface area contributed by atoms with Crippen molar-refractivity contribution in [1.82, 2.24) is 29.3 Å². The number of carbonyl (C=O) groups is 1. The van der Waals surface area contributed by atoms with Gasteiger partial charge in [0, 0.05) is 56.2 Å². The van der Waals surface area contributed by atoms with Gasteiger partial charge >= 0.3 is 0 Å². The van der Waals surface area contributed by atoms with Gasteiger partial charge in [-0.05, 0) is 36.4 Å². The van der Waals surface area contributed by atoms with Crippen LogP contribution in [0.5, 0.6) is 11.6 Å². The monoisotopic (exact) mass is 553 g/mol. The first kappa shape index (κ1) is 27.0. The van der Waals surface area contributed by atoms with Gasteiger partial charge in [-0.15, -0.1) is 0 Å².